The highest BCUT2D eigenvalue weighted by Crippen LogP contribution is 2.37. The lowest BCUT2D eigenvalue weighted by atomic mass is 10.0. The van der Waals surface area contributed by atoms with Crippen molar-refractivity contribution in [2.24, 2.45) is 0 Å². The van der Waals surface area contributed by atoms with E-state index in [0.29, 0.717) is 59.6 Å². The van der Waals surface area contributed by atoms with Gasteiger partial charge in [-0.2, -0.15) is 0 Å². The first-order valence-electron chi connectivity index (χ1n) is 10.2. The molecule has 170 valence electrons. The zero-order chi connectivity index (χ0) is 23.3. The number of hydrogen-bond donors (Lipinski definition) is 0. The fourth-order valence-corrected chi connectivity index (χ4v) is 3.78. The van der Waals surface area contributed by atoms with E-state index in [-0.39, 0.29) is 0 Å². The van der Waals surface area contributed by atoms with E-state index in [0.717, 1.165) is 5.56 Å². The van der Waals surface area contributed by atoms with Crippen LogP contribution in [0.2, 0.25) is 5.02 Å². The van der Waals surface area contributed by atoms with E-state index in [1.54, 1.807) is 63.8 Å². The van der Waals surface area contributed by atoms with Crippen LogP contribution in [-0.2, 0) is 19.1 Å². The molecule has 1 aliphatic rings. The lowest BCUT2D eigenvalue weighted by molar-refractivity contribution is -0.120. The van der Waals surface area contributed by atoms with Gasteiger partial charge in [0.05, 0.1) is 31.6 Å². The van der Waals surface area contributed by atoms with Crippen LogP contribution in [0.25, 0.3) is 5.57 Å². The number of carbonyl (C=O) groups is 2. The molecule has 2 aromatic rings. The fourth-order valence-electron chi connectivity index (χ4n) is 3.61. The SMILES string of the molecule is COCCN(CCOC)C1=C(c2ccc(OC)cc2)C(=O)N(c2cc(Cl)ccc2C)C1=O. The van der Waals surface area contributed by atoms with Crippen molar-refractivity contribution in [1.82, 2.24) is 4.90 Å². The van der Waals surface area contributed by atoms with Crippen LogP contribution < -0.4 is 9.64 Å². The molecule has 0 unspecified atom stereocenters. The van der Waals surface area contributed by atoms with Gasteiger partial charge < -0.3 is 19.1 Å². The first-order valence-corrected chi connectivity index (χ1v) is 10.6. The maximum atomic E-state index is 13.7. The third-order valence-electron chi connectivity index (χ3n) is 5.30. The van der Waals surface area contributed by atoms with E-state index >= 15 is 0 Å². The van der Waals surface area contributed by atoms with Gasteiger partial charge in [0.2, 0.25) is 0 Å². The maximum absolute atomic E-state index is 13.7. The molecule has 0 fully saturated rings. The molecular weight excluding hydrogens is 432 g/mol. The predicted octanol–water partition coefficient (Wildman–Crippen LogP) is 3.54. The molecule has 8 heteroatoms. The van der Waals surface area contributed by atoms with Gasteiger partial charge in [-0.3, -0.25) is 9.59 Å². The minimum atomic E-state index is -0.404. The second-order valence-corrected chi connectivity index (χ2v) is 7.74. The van der Waals surface area contributed by atoms with Crippen molar-refractivity contribution in [1.29, 1.82) is 0 Å². The third kappa shape index (κ3) is 4.80. The number of benzene rings is 2. The maximum Gasteiger partial charge on any atom is 0.282 e. The van der Waals surface area contributed by atoms with E-state index in [2.05, 4.69) is 0 Å². The molecule has 0 bridgehead atoms. The van der Waals surface area contributed by atoms with E-state index in [1.165, 1.54) is 4.90 Å². The molecule has 0 N–H and O–H groups in total. The topological polar surface area (TPSA) is 68.3 Å². The fraction of sp³-hybridized carbons (Fsp3) is 0.333. The van der Waals surface area contributed by atoms with Crippen molar-refractivity contribution in [2.45, 2.75) is 6.92 Å². The van der Waals surface area contributed by atoms with Crippen molar-refractivity contribution >= 4 is 34.7 Å². The molecule has 0 atom stereocenters. The molecule has 2 amide bonds. The summed E-state index contributed by atoms with van der Waals surface area (Å²) >= 11 is 6.19. The molecule has 0 saturated carbocycles. The molecule has 3 rings (SSSR count). The predicted molar refractivity (Wildman–Crippen MR) is 124 cm³/mol. The summed E-state index contributed by atoms with van der Waals surface area (Å²) < 4.78 is 15.7. The Morgan fingerprint density at radius 2 is 1.53 bits per heavy atom. The first-order chi connectivity index (χ1) is 15.4. The molecule has 1 heterocycles. The summed E-state index contributed by atoms with van der Waals surface area (Å²) in [6, 6.07) is 12.2. The molecule has 2 aromatic carbocycles. The highest BCUT2D eigenvalue weighted by molar-refractivity contribution is 6.45. The average Bonchev–Trinajstić information content (AvgIpc) is 3.05. The molecule has 0 spiro atoms. The second-order valence-electron chi connectivity index (χ2n) is 7.30. The van der Waals surface area contributed by atoms with Crippen molar-refractivity contribution in [2.75, 3.05) is 52.5 Å². The standard InChI is InChI=1S/C24H27ClN2O5/c1-16-5-8-18(25)15-20(16)27-23(28)21(17-6-9-19(32-4)10-7-17)22(24(27)29)26(11-13-30-2)12-14-31-3/h5-10,15H,11-14H2,1-4H3. The summed E-state index contributed by atoms with van der Waals surface area (Å²) in [5.74, 6) is -0.149. The Balaban J connectivity index is 2.15. The quantitative estimate of drug-likeness (QED) is 0.507. The summed E-state index contributed by atoms with van der Waals surface area (Å²) in [4.78, 5) is 30.4. The monoisotopic (exact) mass is 458 g/mol. The number of anilines is 1. The number of halogens is 1. The normalized spacial score (nSPS) is 13.8. The number of imide groups is 1. The van der Waals surface area contributed by atoms with E-state index in [4.69, 9.17) is 25.8 Å². The Bertz CT molecular complexity index is 1010. The summed E-state index contributed by atoms with van der Waals surface area (Å²) in [5.41, 5.74) is 2.50. The molecule has 1 aliphatic heterocycles. The number of ether oxygens (including phenoxy) is 3. The van der Waals surface area contributed by atoms with E-state index in [9.17, 15) is 9.59 Å². The molecule has 7 nitrogen and oxygen atoms in total. The Morgan fingerprint density at radius 1 is 0.906 bits per heavy atom. The number of amides is 2. The van der Waals surface area contributed by atoms with Crippen molar-refractivity contribution in [3.05, 3.63) is 64.3 Å². The van der Waals surface area contributed by atoms with Crippen LogP contribution in [0.1, 0.15) is 11.1 Å². The summed E-state index contributed by atoms with van der Waals surface area (Å²) in [6.07, 6.45) is 0. The zero-order valence-corrected chi connectivity index (χ0v) is 19.4. The van der Waals surface area contributed by atoms with Gasteiger partial charge in [0, 0.05) is 32.3 Å². The van der Waals surface area contributed by atoms with Crippen LogP contribution in [-0.4, -0.2) is 64.3 Å². The lowest BCUT2D eigenvalue weighted by Crippen LogP contribution is -2.38. The molecule has 0 aliphatic carbocycles. The van der Waals surface area contributed by atoms with Crippen LogP contribution >= 0.6 is 11.6 Å². The van der Waals surface area contributed by atoms with Gasteiger partial charge in [-0.1, -0.05) is 29.8 Å². The minimum Gasteiger partial charge on any atom is -0.497 e. The van der Waals surface area contributed by atoms with Crippen molar-refractivity contribution in [3.63, 3.8) is 0 Å². The van der Waals surface area contributed by atoms with Crippen LogP contribution in [0.5, 0.6) is 5.75 Å². The van der Waals surface area contributed by atoms with Gasteiger partial charge in [-0.05, 0) is 42.3 Å². The summed E-state index contributed by atoms with van der Waals surface area (Å²) in [6.45, 7) is 3.47. The Labute approximate surface area is 193 Å². The first kappa shape index (κ1) is 23.8. The van der Waals surface area contributed by atoms with Gasteiger partial charge in [-0.25, -0.2) is 4.90 Å². The van der Waals surface area contributed by atoms with Crippen LogP contribution in [0.4, 0.5) is 5.69 Å². The van der Waals surface area contributed by atoms with E-state index < -0.39 is 11.8 Å². The van der Waals surface area contributed by atoms with Crippen molar-refractivity contribution < 1.29 is 23.8 Å². The van der Waals surface area contributed by atoms with E-state index in [1.807, 2.05) is 11.8 Å². The highest BCUT2D eigenvalue weighted by atomic mass is 35.5. The number of aryl methyl sites for hydroxylation is 1. The molecule has 0 aromatic heterocycles. The molecule has 32 heavy (non-hydrogen) atoms. The molecule has 0 radical (unpaired) electrons. The summed E-state index contributed by atoms with van der Waals surface area (Å²) in [5, 5.41) is 0.446. The number of rotatable bonds is 10. The van der Waals surface area contributed by atoms with Gasteiger partial charge in [0.25, 0.3) is 11.8 Å². The number of nitrogens with zero attached hydrogens (tertiary/aromatic N) is 2. The molecular formula is C24H27ClN2O5. The lowest BCUT2D eigenvalue weighted by Gasteiger charge is -2.26. The van der Waals surface area contributed by atoms with Gasteiger partial charge in [-0.15, -0.1) is 0 Å². The van der Waals surface area contributed by atoms with Crippen molar-refractivity contribution in [3.8, 4) is 5.75 Å². The zero-order valence-electron chi connectivity index (χ0n) is 18.7. The van der Waals surface area contributed by atoms with Crippen LogP contribution in [0, 0.1) is 6.92 Å². The number of hydrogen-bond acceptors (Lipinski definition) is 6. The summed E-state index contributed by atoms with van der Waals surface area (Å²) in [7, 11) is 4.76. The highest BCUT2D eigenvalue weighted by Gasteiger charge is 2.43. The Hall–Kier alpha value is -2.87. The Morgan fingerprint density at radius 3 is 2.09 bits per heavy atom. The van der Waals surface area contributed by atoms with Crippen LogP contribution in [0.15, 0.2) is 48.2 Å². The number of carbonyl (C=O) groups excluding carboxylic acids is 2. The second kappa shape index (κ2) is 10.6. The van der Waals surface area contributed by atoms with Gasteiger partial charge in [0.1, 0.15) is 11.4 Å². The largest absolute Gasteiger partial charge is 0.497 e. The van der Waals surface area contributed by atoms with Gasteiger partial charge >= 0.3 is 0 Å². The smallest absolute Gasteiger partial charge is 0.282 e. The third-order valence-corrected chi connectivity index (χ3v) is 5.53. The number of methoxy groups -OCH3 is 3. The van der Waals surface area contributed by atoms with Gasteiger partial charge in [0.15, 0.2) is 0 Å². The average molecular weight is 459 g/mol. The van der Waals surface area contributed by atoms with Crippen LogP contribution in [0.3, 0.4) is 0 Å². The molecule has 0 saturated heterocycles. The Kier molecular flexibility index (Phi) is 7.90. The minimum absolute atomic E-state index is 0.314.